The Morgan fingerprint density at radius 3 is 3.04 bits per heavy atom. The van der Waals surface area contributed by atoms with E-state index in [0.29, 0.717) is 13.1 Å². The molecular formula is C19H27N3O2. The normalized spacial score (nSPS) is 18.1. The van der Waals surface area contributed by atoms with Gasteiger partial charge in [-0.15, -0.1) is 0 Å². The quantitative estimate of drug-likeness (QED) is 0.905. The number of piperidine rings is 1. The number of benzene rings is 1. The lowest BCUT2D eigenvalue weighted by Gasteiger charge is -2.31. The zero-order chi connectivity index (χ0) is 17.1. The van der Waals surface area contributed by atoms with Gasteiger partial charge >= 0.3 is 6.03 Å². The van der Waals surface area contributed by atoms with Crippen molar-refractivity contribution >= 4 is 16.9 Å². The number of aliphatic hydroxyl groups excluding tert-OH is 1. The van der Waals surface area contributed by atoms with Crippen molar-refractivity contribution in [2.24, 2.45) is 13.0 Å². The van der Waals surface area contributed by atoms with Gasteiger partial charge in [0.05, 0.1) is 0 Å². The van der Waals surface area contributed by atoms with Crippen LogP contribution in [0.2, 0.25) is 0 Å². The van der Waals surface area contributed by atoms with Crippen molar-refractivity contribution in [3.8, 4) is 0 Å². The van der Waals surface area contributed by atoms with Crippen LogP contribution in [0.25, 0.3) is 10.9 Å². The number of likely N-dealkylation sites (tertiary alicyclic amines) is 1. The predicted molar refractivity (Wildman–Crippen MR) is 96.1 cm³/mol. The Hall–Kier alpha value is -2.01. The third-order valence-electron chi connectivity index (χ3n) is 4.96. The SMILES string of the molecule is Cc1ccc2c(CCNC(=O)N3CCC[C@@H](CO)C3)cn(C)c2c1. The Kier molecular flexibility index (Phi) is 5.09. The fourth-order valence-corrected chi connectivity index (χ4v) is 3.59. The summed E-state index contributed by atoms with van der Waals surface area (Å²) in [6.07, 6.45) is 4.96. The van der Waals surface area contributed by atoms with Crippen LogP contribution in [-0.2, 0) is 13.5 Å². The van der Waals surface area contributed by atoms with E-state index in [0.717, 1.165) is 25.8 Å². The van der Waals surface area contributed by atoms with Crippen LogP contribution in [0, 0.1) is 12.8 Å². The Morgan fingerprint density at radius 1 is 1.42 bits per heavy atom. The number of fused-ring (bicyclic) bond motifs is 1. The summed E-state index contributed by atoms with van der Waals surface area (Å²) in [4.78, 5) is 14.1. The van der Waals surface area contributed by atoms with Crippen molar-refractivity contribution < 1.29 is 9.90 Å². The molecule has 1 aromatic heterocycles. The highest BCUT2D eigenvalue weighted by atomic mass is 16.3. The maximum absolute atomic E-state index is 12.3. The molecule has 0 spiro atoms. The summed E-state index contributed by atoms with van der Waals surface area (Å²) in [7, 11) is 2.06. The number of urea groups is 1. The molecule has 0 radical (unpaired) electrons. The molecule has 1 fully saturated rings. The van der Waals surface area contributed by atoms with Crippen LogP contribution in [-0.4, -0.2) is 46.8 Å². The number of hydrogen-bond acceptors (Lipinski definition) is 2. The first-order chi connectivity index (χ1) is 11.6. The van der Waals surface area contributed by atoms with Crippen molar-refractivity contribution in [2.45, 2.75) is 26.2 Å². The number of aromatic nitrogens is 1. The molecule has 2 heterocycles. The van der Waals surface area contributed by atoms with Crippen LogP contribution in [0.4, 0.5) is 4.79 Å². The number of carbonyl (C=O) groups is 1. The van der Waals surface area contributed by atoms with E-state index in [4.69, 9.17) is 0 Å². The van der Waals surface area contributed by atoms with E-state index in [2.05, 4.69) is 48.3 Å². The average molecular weight is 329 g/mol. The number of aryl methyl sites for hydroxylation is 2. The molecule has 0 bridgehead atoms. The second-order valence-corrected chi connectivity index (χ2v) is 6.90. The topological polar surface area (TPSA) is 57.5 Å². The van der Waals surface area contributed by atoms with E-state index in [1.165, 1.54) is 22.0 Å². The molecule has 2 aromatic rings. The molecule has 1 atom stereocenters. The van der Waals surface area contributed by atoms with Crippen molar-refractivity contribution in [1.29, 1.82) is 0 Å². The Morgan fingerprint density at radius 2 is 2.25 bits per heavy atom. The Bertz CT molecular complexity index is 723. The lowest BCUT2D eigenvalue weighted by Crippen LogP contribution is -2.46. The molecule has 0 aliphatic carbocycles. The Balaban J connectivity index is 1.57. The van der Waals surface area contributed by atoms with Crippen LogP contribution >= 0.6 is 0 Å². The van der Waals surface area contributed by atoms with Crippen molar-refractivity contribution in [2.75, 3.05) is 26.2 Å². The summed E-state index contributed by atoms with van der Waals surface area (Å²) < 4.78 is 2.15. The molecular weight excluding hydrogens is 302 g/mol. The van der Waals surface area contributed by atoms with Crippen molar-refractivity contribution in [3.05, 3.63) is 35.5 Å². The second kappa shape index (κ2) is 7.26. The van der Waals surface area contributed by atoms with Gasteiger partial charge in [0.25, 0.3) is 0 Å². The molecule has 3 rings (SSSR count). The third-order valence-corrected chi connectivity index (χ3v) is 4.96. The van der Waals surface area contributed by atoms with E-state index >= 15 is 0 Å². The summed E-state index contributed by atoms with van der Waals surface area (Å²) in [5.74, 6) is 0.228. The van der Waals surface area contributed by atoms with Crippen molar-refractivity contribution in [1.82, 2.24) is 14.8 Å². The smallest absolute Gasteiger partial charge is 0.317 e. The number of amides is 2. The lowest BCUT2D eigenvalue weighted by molar-refractivity contribution is 0.129. The summed E-state index contributed by atoms with van der Waals surface area (Å²) in [5.41, 5.74) is 3.75. The van der Waals surface area contributed by atoms with Crippen LogP contribution in [0.1, 0.15) is 24.0 Å². The van der Waals surface area contributed by atoms with E-state index in [1.54, 1.807) is 0 Å². The molecule has 2 amide bonds. The number of rotatable bonds is 4. The average Bonchev–Trinajstić information content (AvgIpc) is 2.90. The van der Waals surface area contributed by atoms with Gasteiger partial charge in [-0.2, -0.15) is 0 Å². The first-order valence-corrected chi connectivity index (χ1v) is 8.76. The van der Waals surface area contributed by atoms with Gasteiger partial charge in [-0.25, -0.2) is 4.79 Å². The zero-order valence-electron chi connectivity index (χ0n) is 14.6. The van der Waals surface area contributed by atoms with Gasteiger partial charge in [-0.05, 0) is 49.3 Å². The maximum atomic E-state index is 12.3. The minimum absolute atomic E-state index is 0.00997. The molecule has 130 valence electrons. The van der Waals surface area contributed by atoms with E-state index in [9.17, 15) is 9.90 Å². The van der Waals surface area contributed by atoms with Gasteiger partial charge in [0.2, 0.25) is 0 Å². The van der Waals surface area contributed by atoms with Crippen LogP contribution < -0.4 is 5.32 Å². The lowest BCUT2D eigenvalue weighted by atomic mass is 9.99. The molecule has 5 nitrogen and oxygen atoms in total. The summed E-state index contributed by atoms with van der Waals surface area (Å²) in [6.45, 7) is 4.35. The number of hydrogen-bond donors (Lipinski definition) is 2. The van der Waals surface area contributed by atoms with Gasteiger partial charge in [0.1, 0.15) is 0 Å². The molecule has 1 aromatic carbocycles. The fourth-order valence-electron chi connectivity index (χ4n) is 3.59. The highest BCUT2D eigenvalue weighted by molar-refractivity contribution is 5.84. The highest BCUT2D eigenvalue weighted by Crippen LogP contribution is 2.22. The number of nitrogens with one attached hydrogen (secondary N) is 1. The second-order valence-electron chi connectivity index (χ2n) is 6.90. The molecule has 0 unspecified atom stereocenters. The Labute approximate surface area is 143 Å². The van der Waals surface area contributed by atoms with Gasteiger partial charge in [0, 0.05) is 50.4 Å². The molecule has 1 aliphatic rings. The van der Waals surface area contributed by atoms with E-state index in [1.807, 2.05) is 4.90 Å². The largest absolute Gasteiger partial charge is 0.396 e. The maximum Gasteiger partial charge on any atom is 0.317 e. The molecule has 1 aliphatic heterocycles. The third kappa shape index (κ3) is 3.56. The van der Waals surface area contributed by atoms with Crippen LogP contribution in [0.3, 0.4) is 0 Å². The summed E-state index contributed by atoms with van der Waals surface area (Å²) >= 11 is 0. The van der Waals surface area contributed by atoms with Gasteiger partial charge in [0.15, 0.2) is 0 Å². The minimum atomic E-state index is -0.00997. The summed E-state index contributed by atoms with van der Waals surface area (Å²) in [5, 5.41) is 13.6. The molecule has 1 saturated heterocycles. The monoisotopic (exact) mass is 329 g/mol. The number of aliphatic hydroxyl groups is 1. The minimum Gasteiger partial charge on any atom is -0.396 e. The molecule has 24 heavy (non-hydrogen) atoms. The number of carbonyl (C=O) groups excluding carboxylic acids is 1. The highest BCUT2D eigenvalue weighted by Gasteiger charge is 2.22. The van der Waals surface area contributed by atoms with E-state index in [-0.39, 0.29) is 18.6 Å². The van der Waals surface area contributed by atoms with Gasteiger partial charge in [-0.3, -0.25) is 0 Å². The fraction of sp³-hybridized carbons (Fsp3) is 0.526. The first-order valence-electron chi connectivity index (χ1n) is 8.76. The standard InChI is InChI=1S/C19H27N3O2/c1-14-5-6-17-16(12-21(2)18(17)10-14)7-8-20-19(24)22-9-3-4-15(11-22)13-23/h5-6,10,12,15,23H,3-4,7-9,11,13H2,1-2H3,(H,20,24)/t15-/m1/s1. The van der Waals surface area contributed by atoms with Gasteiger partial charge < -0.3 is 19.9 Å². The summed E-state index contributed by atoms with van der Waals surface area (Å²) in [6, 6.07) is 6.48. The molecule has 5 heteroatoms. The predicted octanol–water partition coefficient (Wildman–Crippen LogP) is 2.44. The molecule has 2 N–H and O–H groups in total. The molecule has 0 saturated carbocycles. The van der Waals surface area contributed by atoms with Crippen molar-refractivity contribution in [3.63, 3.8) is 0 Å². The number of nitrogens with zero attached hydrogens (tertiary/aromatic N) is 2. The zero-order valence-corrected chi connectivity index (χ0v) is 14.6. The first kappa shape index (κ1) is 16.8. The van der Waals surface area contributed by atoms with E-state index < -0.39 is 0 Å². The van der Waals surface area contributed by atoms with Gasteiger partial charge in [-0.1, -0.05) is 12.1 Å². The van der Waals surface area contributed by atoms with Crippen LogP contribution in [0.15, 0.2) is 24.4 Å². The van der Waals surface area contributed by atoms with Crippen LogP contribution in [0.5, 0.6) is 0 Å².